The number of hydrogen-bond acceptors (Lipinski definition) is 3. The normalized spacial score (nSPS) is 17.8. The van der Waals surface area contributed by atoms with E-state index in [4.69, 9.17) is 9.57 Å². The van der Waals surface area contributed by atoms with Crippen LogP contribution < -0.4 is 5.48 Å². The maximum Gasteiger partial charge on any atom is 0.431 e. The first-order valence-corrected chi connectivity index (χ1v) is 4.62. The van der Waals surface area contributed by atoms with Crippen LogP contribution in [0.5, 0.6) is 0 Å². The molecule has 0 aromatic heterocycles. The van der Waals surface area contributed by atoms with Crippen molar-refractivity contribution in [3.63, 3.8) is 0 Å². The standard InChI is InChI=1S/C9H17NO3/c1-9(2,3)12-8(11)10-13-7-5-4-6-7/h7H,4-6H2,1-3H3,(H,10,11). The molecule has 4 nitrogen and oxygen atoms in total. The molecule has 1 N–H and O–H groups in total. The lowest BCUT2D eigenvalue weighted by molar-refractivity contribution is -0.0692. The van der Waals surface area contributed by atoms with Gasteiger partial charge in [-0.3, -0.25) is 4.84 Å². The quantitative estimate of drug-likeness (QED) is 0.672. The van der Waals surface area contributed by atoms with Gasteiger partial charge in [0.05, 0.1) is 6.10 Å². The molecule has 0 aliphatic heterocycles. The number of carbonyl (C=O) groups excluding carboxylic acids is 1. The number of ether oxygens (including phenoxy) is 1. The number of rotatable bonds is 2. The van der Waals surface area contributed by atoms with E-state index >= 15 is 0 Å². The van der Waals surface area contributed by atoms with E-state index in [0.29, 0.717) is 0 Å². The Morgan fingerprint density at radius 2 is 2.00 bits per heavy atom. The van der Waals surface area contributed by atoms with E-state index in [1.54, 1.807) is 0 Å². The first-order chi connectivity index (χ1) is 5.97. The summed E-state index contributed by atoms with van der Waals surface area (Å²) in [5.41, 5.74) is 1.81. The fourth-order valence-electron chi connectivity index (χ4n) is 0.919. The van der Waals surface area contributed by atoms with E-state index in [1.807, 2.05) is 20.8 Å². The first-order valence-electron chi connectivity index (χ1n) is 4.62. The second-order valence-corrected chi connectivity index (χ2v) is 4.27. The van der Waals surface area contributed by atoms with Gasteiger partial charge in [-0.25, -0.2) is 4.79 Å². The molecule has 4 heteroatoms. The van der Waals surface area contributed by atoms with Crippen LogP contribution >= 0.6 is 0 Å². The Bertz CT molecular complexity index is 182. The molecule has 0 aromatic carbocycles. The van der Waals surface area contributed by atoms with Crippen LogP contribution in [-0.2, 0) is 9.57 Å². The molecule has 13 heavy (non-hydrogen) atoms. The summed E-state index contributed by atoms with van der Waals surface area (Å²) < 4.78 is 4.98. The van der Waals surface area contributed by atoms with Gasteiger partial charge in [0, 0.05) is 0 Å². The predicted molar refractivity (Wildman–Crippen MR) is 48.1 cm³/mol. The Morgan fingerprint density at radius 3 is 2.38 bits per heavy atom. The summed E-state index contributed by atoms with van der Waals surface area (Å²) in [6.45, 7) is 5.45. The summed E-state index contributed by atoms with van der Waals surface area (Å²) in [4.78, 5) is 16.1. The number of nitrogens with one attached hydrogen (secondary N) is 1. The van der Waals surface area contributed by atoms with E-state index in [9.17, 15) is 4.79 Å². The summed E-state index contributed by atoms with van der Waals surface area (Å²) >= 11 is 0. The molecule has 1 amide bonds. The lowest BCUT2D eigenvalue weighted by Crippen LogP contribution is -2.37. The summed E-state index contributed by atoms with van der Waals surface area (Å²) in [7, 11) is 0. The highest BCUT2D eigenvalue weighted by atomic mass is 16.7. The summed E-state index contributed by atoms with van der Waals surface area (Å²) in [5, 5.41) is 0. The van der Waals surface area contributed by atoms with Crippen molar-refractivity contribution in [1.82, 2.24) is 5.48 Å². The summed E-state index contributed by atoms with van der Waals surface area (Å²) in [6.07, 6.45) is 2.90. The Hall–Kier alpha value is -0.770. The first kappa shape index (κ1) is 10.3. The van der Waals surface area contributed by atoms with Gasteiger partial charge in [-0.1, -0.05) is 0 Å². The minimum Gasteiger partial charge on any atom is -0.442 e. The minimum absolute atomic E-state index is 0.188. The third-order valence-electron chi connectivity index (χ3n) is 1.76. The lowest BCUT2D eigenvalue weighted by Gasteiger charge is -2.26. The Morgan fingerprint density at radius 1 is 1.38 bits per heavy atom. The highest BCUT2D eigenvalue weighted by molar-refractivity contribution is 5.66. The molecular formula is C9H17NO3. The summed E-state index contributed by atoms with van der Waals surface area (Å²) in [6, 6.07) is 0. The molecular weight excluding hydrogens is 170 g/mol. The van der Waals surface area contributed by atoms with Crippen LogP contribution in [0, 0.1) is 0 Å². The van der Waals surface area contributed by atoms with E-state index in [2.05, 4.69) is 5.48 Å². The van der Waals surface area contributed by atoms with Crippen LogP contribution in [0.4, 0.5) is 4.79 Å². The van der Waals surface area contributed by atoms with Gasteiger partial charge >= 0.3 is 6.09 Å². The molecule has 0 radical (unpaired) electrons. The fraction of sp³-hybridized carbons (Fsp3) is 0.889. The summed E-state index contributed by atoms with van der Waals surface area (Å²) in [5.74, 6) is 0. The largest absolute Gasteiger partial charge is 0.442 e. The third-order valence-corrected chi connectivity index (χ3v) is 1.76. The molecule has 0 saturated heterocycles. The third kappa shape index (κ3) is 4.12. The van der Waals surface area contributed by atoms with E-state index in [0.717, 1.165) is 12.8 Å². The van der Waals surface area contributed by atoms with Crippen LogP contribution in [-0.4, -0.2) is 17.8 Å². The van der Waals surface area contributed by atoms with Gasteiger partial charge in [0.2, 0.25) is 0 Å². The molecule has 76 valence electrons. The van der Waals surface area contributed by atoms with Gasteiger partial charge in [0.1, 0.15) is 5.60 Å². The van der Waals surface area contributed by atoms with Crippen LogP contribution in [0.3, 0.4) is 0 Å². The van der Waals surface area contributed by atoms with Crippen molar-refractivity contribution in [2.45, 2.75) is 51.7 Å². The van der Waals surface area contributed by atoms with Crippen LogP contribution in [0.15, 0.2) is 0 Å². The number of hydroxylamine groups is 1. The van der Waals surface area contributed by atoms with Gasteiger partial charge < -0.3 is 4.74 Å². The SMILES string of the molecule is CC(C)(C)OC(=O)NOC1CCC1. The average Bonchev–Trinajstić information content (AvgIpc) is 1.78. The molecule has 0 unspecified atom stereocenters. The maximum atomic E-state index is 11.0. The molecule has 1 rings (SSSR count). The van der Waals surface area contributed by atoms with Crippen LogP contribution in [0.1, 0.15) is 40.0 Å². The average molecular weight is 187 g/mol. The molecule has 0 atom stereocenters. The van der Waals surface area contributed by atoms with Crippen molar-refractivity contribution < 1.29 is 14.4 Å². The Kier molecular flexibility index (Phi) is 3.14. The van der Waals surface area contributed by atoms with E-state index in [-0.39, 0.29) is 6.10 Å². The van der Waals surface area contributed by atoms with Crippen molar-refractivity contribution in [1.29, 1.82) is 0 Å². The molecule has 0 heterocycles. The van der Waals surface area contributed by atoms with Crippen LogP contribution in [0.25, 0.3) is 0 Å². The molecule has 1 aliphatic rings. The topological polar surface area (TPSA) is 47.6 Å². The second kappa shape index (κ2) is 3.96. The second-order valence-electron chi connectivity index (χ2n) is 4.27. The highest BCUT2D eigenvalue weighted by Crippen LogP contribution is 2.20. The Labute approximate surface area is 78.5 Å². The minimum atomic E-state index is -0.514. The number of hydrogen-bond donors (Lipinski definition) is 1. The van der Waals surface area contributed by atoms with E-state index < -0.39 is 11.7 Å². The fourth-order valence-corrected chi connectivity index (χ4v) is 0.919. The van der Waals surface area contributed by atoms with E-state index in [1.165, 1.54) is 6.42 Å². The zero-order valence-corrected chi connectivity index (χ0v) is 8.42. The van der Waals surface area contributed by atoms with Gasteiger partial charge in [-0.2, -0.15) is 5.48 Å². The molecule has 1 fully saturated rings. The molecule has 0 aromatic rings. The monoisotopic (exact) mass is 187 g/mol. The van der Waals surface area contributed by atoms with Crippen molar-refractivity contribution >= 4 is 6.09 Å². The maximum absolute atomic E-state index is 11.0. The van der Waals surface area contributed by atoms with Gasteiger partial charge in [0.25, 0.3) is 0 Å². The molecule has 1 saturated carbocycles. The zero-order valence-electron chi connectivity index (χ0n) is 8.42. The molecule has 0 bridgehead atoms. The van der Waals surface area contributed by atoms with Crippen LogP contribution in [0.2, 0.25) is 0 Å². The smallest absolute Gasteiger partial charge is 0.431 e. The lowest BCUT2D eigenvalue weighted by atomic mass is 9.97. The highest BCUT2D eigenvalue weighted by Gasteiger charge is 2.21. The van der Waals surface area contributed by atoms with Crippen molar-refractivity contribution in [2.24, 2.45) is 0 Å². The van der Waals surface area contributed by atoms with Gasteiger partial charge in [0.15, 0.2) is 0 Å². The Balaban J connectivity index is 2.10. The van der Waals surface area contributed by atoms with Crippen molar-refractivity contribution in [2.75, 3.05) is 0 Å². The molecule has 1 aliphatic carbocycles. The predicted octanol–water partition coefficient (Wildman–Crippen LogP) is 2.00. The van der Waals surface area contributed by atoms with Gasteiger partial charge in [-0.15, -0.1) is 0 Å². The number of amides is 1. The van der Waals surface area contributed by atoms with Crippen molar-refractivity contribution in [3.05, 3.63) is 0 Å². The zero-order chi connectivity index (χ0) is 9.90. The van der Waals surface area contributed by atoms with Crippen molar-refractivity contribution in [3.8, 4) is 0 Å². The van der Waals surface area contributed by atoms with Gasteiger partial charge in [-0.05, 0) is 40.0 Å². The number of carbonyl (C=O) groups is 1. The molecule has 0 spiro atoms.